The van der Waals surface area contributed by atoms with Crippen LogP contribution in [0.2, 0.25) is 0 Å². The maximum Gasteiger partial charge on any atom is 0.170 e. The van der Waals surface area contributed by atoms with E-state index in [9.17, 15) is 0 Å². The maximum absolute atomic E-state index is 15.4. The van der Waals surface area contributed by atoms with Gasteiger partial charge in [0.1, 0.15) is 0 Å². The molecule has 3 aromatic carbocycles. The quantitative estimate of drug-likeness (QED) is 0.171. The van der Waals surface area contributed by atoms with E-state index in [1.54, 1.807) is 19.1 Å². The molecule has 3 unspecified atom stereocenters. The van der Waals surface area contributed by atoms with Gasteiger partial charge in [0.2, 0.25) is 0 Å². The van der Waals surface area contributed by atoms with E-state index in [2.05, 4.69) is 6.92 Å². The number of benzene rings is 3. The molecule has 4 rings (SSSR count). The summed E-state index contributed by atoms with van der Waals surface area (Å²) in [7, 11) is 0. The summed E-state index contributed by atoms with van der Waals surface area (Å²) < 4.78 is 61.5. The molecule has 0 nitrogen and oxygen atoms in total. The largest absolute Gasteiger partial charge is 0.203 e. The van der Waals surface area contributed by atoms with E-state index in [0.29, 0.717) is 6.42 Å². The van der Waals surface area contributed by atoms with Crippen molar-refractivity contribution in [3.8, 4) is 22.3 Å². The molecule has 1 aliphatic rings. The van der Waals surface area contributed by atoms with Crippen molar-refractivity contribution in [1.29, 1.82) is 0 Å². The summed E-state index contributed by atoms with van der Waals surface area (Å²) in [6.45, 7) is 3.71. The van der Waals surface area contributed by atoms with Crippen LogP contribution in [0.5, 0.6) is 0 Å². The van der Waals surface area contributed by atoms with Crippen LogP contribution in [0.1, 0.15) is 70.3 Å². The molecule has 0 saturated heterocycles. The Morgan fingerprint density at radius 2 is 1.40 bits per heavy atom. The summed E-state index contributed by atoms with van der Waals surface area (Å²) in [5.41, 5.74) is 0.648. The topological polar surface area (TPSA) is 0 Å². The average Bonchev–Trinajstić information content (AvgIpc) is 2.88. The molecule has 1 saturated carbocycles. The minimum absolute atomic E-state index is 0.0870. The van der Waals surface area contributed by atoms with Gasteiger partial charge in [-0.3, -0.25) is 0 Å². The summed E-state index contributed by atoms with van der Waals surface area (Å²) in [5.74, 6) is -6.37. The van der Waals surface area contributed by atoms with Gasteiger partial charge >= 0.3 is 0 Å². The van der Waals surface area contributed by atoms with Gasteiger partial charge in [-0.25, -0.2) is 17.6 Å². The number of rotatable bonds is 7. The Hall–Kier alpha value is -2.33. The first-order chi connectivity index (χ1) is 16.8. The zero-order valence-electron chi connectivity index (χ0n) is 20.2. The van der Waals surface area contributed by atoms with Gasteiger partial charge in [0.15, 0.2) is 23.3 Å². The Balaban J connectivity index is 1.72. The highest BCUT2D eigenvalue weighted by molar-refractivity contribution is 6.24. The lowest BCUT2D eigenvalue weighted by atomic mass is 9.68. The molecular weight excluding hydrogens is 472 g/mol. The van der Waals surface area contributed by atoms with Gasteiger partial charge in [-0.15, -0.1) is 11.6 Å². The SMILES string of the molecule is CCCCC1(Cl)CCCCC1C(C)c1c(F)c(F)c(-c2ccc(-c3ccccc3)cc2)c(F)c1F. The first-order valence-corrected chi connectivity index (χ1v) is 12.9. The molecule has 0 aromatic heterocycles. The molecule has 186 valence electrons. The van der Waals surface area contributed by atoms with E-state index < -0.39 is 45.2 Å². The van der Waals surface area contributed by atoms with Crippen LogP contribution in [0, 0.1) is 29.2 Å². The van der Waals surface area contributed by atoms with Crippen molar-refractivity contribution >= 4 is 11.6 Å². The van der Waals surface area contributed by atoms with Crippen LogP contribution < -0.4 is 0 Å². The van der Waals surface area contributed by atoms with Crippen molar-refractivity contribution in [2.24, 2.45) is 5.92 Å². The molecule has 3 aromatic rings. The molecule has 0 radical (unpaired) electrons. The number of alkyl halides is 1. The smallest absolute Gasteiger partial charge is 0.170 e. The van der Waals surface area contributed by atoms with Gasteiger partial charge in [-0.2, -0.15) is 0 Å². The Bertz CT molecular complexity index is 1130. The molecule has 1 aliphatic carbocycles. The molecule has 3 atom stereocenters. The number of hydrogen-bond donors (Lipinski definition) is 0. The van der Waals surface area contributed by atoms with Gasteiger partial charge in [0.25, 0.3) is 0 Å². The second-order valence-corrected chi connectivity index (χ2v) is 10.5. The number of halogens is 5. The van der Waals surface area contributed by atoms with Gasteiger partial charge in [0.05, 0.1) is 5.56 Å². The van der Waals surface area contributed by atoms with Crippen LogP contribution in [0.25, 0.3) is 22.3 Å². The standard InChI is InChI=1S/C30H31ClF4/c1-3-4-17-30(31)18-9-8-12-23(30)19(2)24-26(32)28(34)25(29(35)27(24)33)22-15-13-21(14-16-22)20-10-6-5-7-11-20/h5-7,10-11,13-16,19,23H,3-4,8-9,12,17-18H2,1-2H3. The molecule has 0 aliphatic heterocycles. The van der Waals surface area contributed by atoms with Crippen LogP contribution >= 0.6 is 11.6 Å². The molecule has 0 amide bonds. The highest BCUT2D eigenvalue weighted by Gasteiger charge is 2.44. The van der Waals surface area contributed by atoms with E-state index in [1.807, 2.05) is 30.3 Å². The van der Waals surface area contributed by atoms with Crippen LogP contribution in [-0.4, -0.2) is 4.87 Å². The molecule has 35 heavy (non-hydrogen) atoms. The van der Waals surface area contributed by atoms with Crippen molar-refractivity contribution in [3.63, 3.8) is 0 Å². The molecule has 0 bridgehead atoms. The molecule has 5 heteroatoms. The summed E-state index contributed by atoms with van der Waals surface area (Å²) >= 11 is 7.01. The summed E-state index contributed by atoms with van der Waals surface area (Å²) in [5, 5.41) is 0. The van der Waals surface area contributed by atoms with Crippen molar-refractivity contribution in [2.45, 2.75) is 69.6 Å². The normalized spacial score (nSPS) is 21.2. The maximum atomic E-state index is 15.4. The predicted octanol–water partition coefficient (Wildman–Crippen LogP) is 10.0. The minimum atomic E-state index is -1.36. The number of hydrogen-bond acceptors (Lipinski definition) is 0. The Morgan fingerprint density at radius 3 is 2.00 bits per heavy atom. The van der Waals surface area contributed by atoms with Crippen LogP contribution in [0.15, 0.2) is 54.6 Å². The fourth-order valence-corrected chi connectivity index (χ4v) is 6.23. The van der Waals surface area contributed by atoms with E-state index in [0.717, 1.165) is 49.7 Å². The van der Waals surface area contributed by atoms with Gasteiger partial charge in [0, 0.05) is 10.4 Å². The second-order valence-electron chi connectivity index (χ2n) is 9.77. The Morgan fingerprint density at radius 1 is 0.829 bits per heavy atom. The van der Waals surface area contributed by atoms with Crippen LogP contribution in [0.3, 0.4) is 0 Å². The van der Waals surface area contributed by atoms with Gasteiger partial charge in [-0.05, 0) is 47.8 Å². The molecular formula is C30H31ClF4. The predicted molar refractivity (Wildman–Crippen MR) is 136 cm³/mol. The van der Waals surface area contributed by atoms with Crippen molar-refractivity contribution in [2.75, 3.05) is 0 Å². The monoisotopic (exact) mass is 502 g/mol. The van der Waals surface area contributed by atoms with E-state index >= 15 is 17.6 Å². The summed E-state index contributed by atoms with van der Waals surface area (Å²) in [4.78, 5) is -0.620. The summed E-state index contributed by atoms with van der Waals surface area (Å²) in [6.07, 6.45) is 5.83. The van der Waals surface area contributed by atoms with Crippen LogP contribution in [0.4, 0.5) is 17.6 Å². The van der Waals surface area contributed by atoms with Crippen molar-refractivity contribution in [1.82, 2.24) is 0 Å². The number of unbranched alkanes of at least 4 members (excludes halogenated alkanes) is 1. The fraction of sp³-hybridized carbons (Fsp3) is 0.400. The third-order valence-corrected chi connectivity index (χ3v) is 8.26. The van der Waals surface area contributed by atoms with E-state index in [1.165, 1.54) is 12.1 Å². The third-order valence-electron chi connectivity index (χ3n) is 7.60. The minimum Gasteiger partial charge on any atom is -0.203 e. The van der Waals surface area contributed by atoms with E-state index in [-0.39, 0.29) is 11.5 Å². The van der Waals surface area contributed by atoms with Crippen molar-refractivity contribution in [3.05, 3.63) is 83.4 Å². The first-order valence-electron chi connectivity index (χ1n) is 12.5. The molecule has 0 N–H and O–H groups in total. The molecule has 1 fully saturated rings. The second kappa shape index (κ2) is 10.7. The van der Waals surface area contributed by atoms with Crippen LogP contribution in [-0.2, 0) is 0 Å². The third kappa shape index (κ3) is 5.00. The van der Waals surface area contributed by atoms with Gasteiger partial charge in [-0.1, -0.05) is 94.1 Å². The Kier molecular flexibility index (Phi) is 7.90. The van der Waals surface area contributed by atoms with Crippen molar-refractivity contribution < 1.29 is 17.6 Å². The summed E-state index contributed by atoms with van der Waals surface area (Å²) in [6, 6.07) is 15.8. The lowest BCUT2D eigenvalue weighted by molar-refractivity contribution is 0.212. The molecule has 0 spiro atoms. The van der Waals surface area contributed by atoms with E-state index in [4.69, 9.17) is 11.6 Å². The zero-order chi connectivity index (χ0) is 25.2. The fourth-order valence-electron chi connectivity index (χ4n) is 5.67. The molecule has 0 heterocycles. The Labute approximate surface area is 210 Å². The van der Waals surface area contributed by atoms with Gasteiger partial charge < -0.3 is 0 Å². The lowest BCUT2D eigenvalue weighted by Gasteiger charge is -2.43. The average molecular weight is 503 g/mol. The highest BCUT2D eigenvalue weighted by Crippen LogP contribution is 2.50. The first kappa shape index (κ1) is 25.8. The highest BCUT2D eigenvalue weighted by atomic mass is 35.5. The zero-order valence-corrected chi connectivity index (χ0v) is 20.9. The lowest BCUT2D eigenvalue weighted by Crippen LogP contribution is -2.39.